The van der Waals surface area contributed by atoms with E-state index in [2.05, 4.69) is 15.7 Å². The average molecular weight is 337 g/mol. The molecule has 2 N–H and O–H groups in total. The topological polar surface area (TPSA) is 59.0 Å². The van der Waals surface area contributed by atoms with Crippen LogP contribution in [0.3, 0.4) is 0 Å². The zero-order chi connectivity index (χ0) is 16.4. The van der Waals surface area contributed by atoms with Crippen LogP contribution in [0.5, 0.6) is 0 Å². The second-order valence-corrected chi connectivity index (χ2v) is 6.10. The Kier molecular flexibility index (Phi) is 4.63. The Labute approximate surface area is 138 Å². The Hall–Kier alpha value is -1.92. The first-order valence-electron chi connectivity index (χ1n) is 7.49. The van der Waals surface area contributed by atoms with E-state index in [1.807, 2.05) is 18.2 Å². The van der Waals surface area contributed by atoms with E-state index < -0.39 is 6.17 Å². The molecule has 1 aromatic heterocycles. The van der Waals surface area contributed by atoms with Crippen molar-refractivity contribution in [2.75, 3.05) is 13.1 Å². The third-order valence-corrected chi connectivity index (χ3v) is 4.21. The van der Waals surface area contributed by atoms with Gasteiger partial charge in [-0.15, -0.1) is 0 Å². The highest BCUT2D eigenvalue weighted by Crippen LogP contribution is 2.28. The lowest BCUT2D eigenvalue weighted by Gasteiger charge is -2.11. The molecule has 1 fully saturated rings. The molecule has 0 spiro atoms. The van der Waals surface area contributed by atoms with Gasteiger partial charge in [-0.25, -0.2) is 4.39 Å². The molecule has 1 aromatic carbocycles. The molecular weight excluding hydrogens is 319 g/mol. The van der Waals surface area contributed by atoms with Gasteiger partial charge < -0.3 is 10.6 Å². The maximum absolute atomic E-state index is 13.2. The molecule has 2 aromatic rings. The van der Waals surface area contributed by atoms with E-state index in [-0.39, 0.29) is 11.9 Å². The summed E-state index contributed by atoms with van der Waals surface area (Å²) in [5, 5.41) is 10.8. The van der Waals surface area contributed by atoms with Crippen LogP contribution in [0.2, 0.25) is 5.02 Å². The summed E-state index contributed by atoms with van der Waals surface area (Å²) in [6, 6.07) is 7.23. The zero-order valence-corrected chi connectivity index (χ0v) is 13.5. The Bertz CT molecular complexity index is 718. The van der Waals surface area contributed by atoms with Crippen molar-refractivity contribution in [1.82, 2.24) is 20.4 Å². The number of carbonyl (C=O) groups is 1. The molecule has 1 aliphatic rings. The highest BCUT2D eigenvalue weighted by atomic mass is 35.5. The number of halogens is 2. The van der Waals surface area contributed by atoms with Gasteiger partial charge >= 0.3 is 0 Å². The largest absolute Gasteiger partial charge is 0.350 e. The molecule has 0 aliphatic carbocycles. The van der Waals surface area contributed by atoms with Crippen LogP contribution in [-0.4, -0.2) is 41.0 Å². The molecule has 23 heavy (non-hydrogen) atoms. The first-order chi connectivity index (χ1) is 11.0. The highest BCUT2D eigenvalue weighted by Gasteiger charge is 2.25. The van der Waals surface area contributed by atoms with E-state index in [0.29, 0.717) is 41.4 Å². The first kappa shape index (κ1) is 16.0. The molecule has 1 aliphatic heterocycles. The van der Waals surface area contributed by atoms with E-state index in [0.717, 1.165) is 0 Å². The molecule has 1 amide bonds. The Balaban J connectivity index is 1.77. The molecule has 0 radical (unpaired) electrons. The maximum atomic E-state index is 13.2. The second kappa shape index (κ2) is 6.68. The van der Waals surface area contributed by atoms with E-state index in [4.69, 9.17) is 11.6 Å². The van der Waals surface area contributed by atoms with Gasteiger partial charge in [-0.3, -0.25) is 9.48 Å². The fraction of sp³-hybridized carbons (Fsp3) is 0.375. The van der Waals surface area contributed by atoms with Crippen molar-refractivity contribution < 1.29 is 9.18 Å². The van der Waals surface area contributed by atoms with E-state index >= 15 is 0 Å². The normalized spacial score (nSPS) is 20.7. The summed E-state index contributed by atoms with van der Waals surface area (Å²) >= 11 is 6.21. The van der Waals surface area contributed by atoms with Crippen molar-refractivity contribution in [1.29, 1.82) is 0 Å². The number of nitrogens with one attached hydrogen (secondary N) is 2. The minimum Gasteiger partial charge on any atom is -0.350 e. The summed E-state index contributed by atoms with van der Waals surface area (Å²) in [6.45, 7) is 0.731. The van der Waals surface area contributed by atoms with E-state index in [1.165, 1.54) is 0 Å². The summed E-state index contributed by atoms with van der Waals surface area (Å²) in [7, 11) is 1.75. The SMILES string of the molecule is Cn1cc(C(=O)NC[C@@H]2C[C@H](F)CN2)c(-c2ccccc2Cl)n1. The Morgan fingerprint density at radius 2 is 2.30 bits per heavy atom. The van der Waals surface area contributed by atoms with Crippen LogP contribution in [-0.2, 0) is 7.05 Å². The van der Waals surface area contributed by atoms with Gasteiger partial charge in [0.05, 0.1) is 10.6 Å². The van der Waals surface area contributed by atoms with Crippen LogP contribution in [0.25, 0.3) is 11.3 Å². The molecule has 122 valence electrons. The van der Waals surface area contributed by atoms with Crippen molar-refractivity contribution in [3.05, 3.63) is 41.0 Å². The van der Waals surface area contributed by atoms with Crippen molar-refractivity contribution in [2.45, 2.75) is 18.6 Å². The van der Waals surface area contributed by atoms with Gasteiger partial charge in [0.15, 0.2) is 0 Å². The van der Waals surface area contributed by atoms with E-state index in [1.54, 1.807) is 24.0 Å². The highest BCUT2D eigenvalue weighted by molar-refractivity contribution is 6.33. The van der Waals surface area contributed by atoms with Gasteiger partial charge in [-0.05, 0) is 12.5 Å². The number of hydrogen-bond donors (Lipinski definition) is 2. The lowest BCUT2D eigenvalue weighted by atomic mass is 10.1. The molecule has 3 rings (SSSR count). The van der Waals surface area contributed by atoms with E-state index in [9.17, 15) is 9.18 Å². The van der Waals surface area contributed by atoms with Gasteiger partial charge in [0.1, 0.15) is 11.9 Å². The van der Waals surface area contributed by atoms with Gasteiger partial charge in [0.2, 0.25) is 0 Å². The Morgan fingerprint density at radius 1 is 1.52 bits per heavy atom. The zero-order valence-electron chi connectivity index (χ0n) is 12.7. The van der Waals surface area contributed by atoms with Crippen LogP contribution in [0.15, 0.2) is 30.5 Å². The summed E-state index contributed by atoms with van der Waals surface area (Å²) in [5.41, 5.74) is 1.71. The molecule has 1 saturated heterocycles. The first-order valence-corrected chi connectivity index (χ1v) is 7.86. The Morgan fingerprint density at radius 3 is 3.00 bits per heavy atom. The summed E-state index contributed by atoms with van der Waals surface area (Å²) in [4.78, 5) is 12.5. The number of amides is 1. The van der Waals surface area contributed by atoms with Crippen LogP contribution in [0.1, 0.15) is 16.8 Å². The number of carbonyl (C=O) groups excluding carboxylic acids is 1. The molecular formula is C16H18ClFN4O. The lowest BCUT2D eigenvalue weighted by Crippen LogP contribution is -2.37. The standard InChI is InChI=1S/C16H18ClFN4O/c1-22-9-13(15(21-22)12-4-2-3-5-14(12)17)16(23)20-8-11-6-10(18)7-19-11/h2-5,9-11,19H,6-8H2,1H3,(H,20,23)/t10-,11-/m0/s1. The number of rotatable bonds is 4. The van der Waals surface area contributed by atoms with Crippen LogP contribution in [0.4, 0.5) is 4.39 Å². The molecule has 5 nitrogen and oxygen atoms in total. The number of nitrogens with zero attached hydrogens (tertiary/aromatic N) is 2. The maximum Gasteiger partial charge on any atom is 0.255 e. The predicted molar refractivity (Wildman–Crippen MR) is 87.3 cm³/mol. The van der Waals surface area contributed by atoms with Crippen molar-refractivity contribution >= 4 is 17.5 Å². The molecule has 0 saturated carbocycles. The van der Waals surface area contributed by atoms with Crippen molar-refractivity contribution in [3.8, 4) is 11.3 Å². The molecule has 2 heterocycles. The molecule has 2 atom stereocenters. The smallest absolute Gasteiger partial charge is 0.255 e. The van der Waals surface area contributed by atoms with Gasteiger partial charge in [0.25, 0.3) is 5.91 Å². The summed E-state index contributed by atoms with van der Waals surface area (Å²) in [5.74, 6) is -0.239. The molecule has 0 unspecified atom stereocenters. The van der Waals surface area contributed by atoms with Gasteiger partial charge in [-0.2, -0.15) is 5.10 Å². The van der Waals surface area contributed by atoms with Crippen molar-refractivity contribution in [3.63, 3.8) is 0 Å². The predicted octanol–water partition coefficient (Wildman–Crippen LogP) is 2.17. The third-order valence-electron chi connectivity index (χ3n) is 3.88. The number of alkyl halides is 1. The molecule has 7 heteroatoms. The fourth-order valence-corrected chi connectivity index (χ4v) is 2.97. The molecule has 0 bridgehead atoms. The number of benzene rings is 1. The monoisotopic (exact) mass is 336 g/mol. The summed E-state index contributed by atoms with van der Waals surface area (Å²) in [6.07, 6.45) is 1.24. The third kappa shape index (κ3) is 3.54. The minimum atomic E-state index is -0.839. The lowest BCUT2D eigenvalue weighted by molar-refractivity contribution is 0.0950. The van der Waals surface area contributed by atoms with Crippen LogP contribution in [0, 0.1) is 0 Å². The quantitative estimate of drug-likeness (QED) is 0.899. The average Bonchev–Trinajstić information content (AvgIpc) is 3.11. The summed E-state index contributed by atoms with van der Waals surface area (Å²) < 4.78 is 14.7. The minimum absolute atomic E-state index is 0.0330. The number of hydrogen-bond acceptors (Lipinski definition) is 3. The van der Waals surface area contributed by atoms with Gasteiger partial charge in [0, 0.05) is 37.9 Å². The fourth-order valence-electron chi connectivity index (χ4n) is 2.74. The van der Waals surface area contributed by atoms with Crippen molar-refractivity contribution in [2.24, 2.45) is 7.05 Å². The number of aromatic nitrogens is 2. The van der Waals surface area contributed by atoms with Gasteiger partial charge in [-0.1, -0.05) is 29.8 Å². The van der Waals surface area contributed by atoms with Crippen LogP contribution < -0.4 is 10.6 Å². The number of aryl methyl sites for hydroxylation is 1. The second-order valence-electron chi connectivity index (χ2n) is 5.69. The van der Waals surface area contributed by atoms with Crippen LogP contribution >= 0.6 is 11.6 Å².